The van der Waals surface area contributed by atoms with Gasteiger partial charge in [0.05, 0.1) is 19.1 Å². The molecule has 0 bridgehead atoms. The number of hydrogen-bond donors (Lipinski definition) is 5. The fourth-order valence-corrected chi connectivity index (χ4v) is 4.80. The predicted octanol–water partition coefficient (Wildman–Crippen LogP) is 0.606. The molecule has 3 rings (SSSR count). The molecule has 41 heavy (non-hydrogen) atoms. The van der Waals surface area contributed by atoms with Gasteiger partial charge in [-0.05, 0) is 44.4 Å². The van der Waals surface area contributed by atoms with Crippen molar-refractivity contribution in [2.75, 3.05) is 32.8 Å². The molecule has 1 aliphatic rings. The maximum atomic E-state index is 13.4. The molecule has 0 spiro atoms. The molecule has 0 aromatic heterocycles. The number of nitrogens with two attached hydrogens (primary N) is 3. The molecular formula is C30H44N6O5. The Balaban J connectivity index is 1.69. The van der Waals surface area contributed by atoms with E-state index in [0.717, 1.165) is 28.9 Å². The van der Waals surface area contributed by atoms with E-state index in [1.165, 1.54) is 4.90 Å². The quantitative estimate of drug-likeness (QED) is 0.196. The van der Waals surface area contributed by atoms with Crippen LogP contribution in [-0.4, -0.2) is 73.6 Å². The van der Waals surface area contributed by atoms with Crippen LogP contribution < -0.4 is 37.3 Å². The summed E-state index contributed by atoms with van der Waals surface area (Å²) >= 11 is 0. The molecule has 8 N–H and O–H groups in total. The second-order valence-corrected chi connectivity index (χ2v) is 10.2. The summed E-state index contributed by atoms with van der Waals surface area (Å²) in [7, 11) is 0. The fraction of sp³-hybridized carbons (Fsp3) is 0.500. The first kappa shape index (κ1) is 31.9. The Bertz CT molecular complexity index is 1160. The van der Waals surface area contributed by atoms with Gasteiger partial charge in [0.2, 0.25) is 17.7 Å². The van der Waals surface area contributed by atoms with Gasteiger partial charge in [0.15, 0.2) is 0 Å². The number of fused-ring (bicyclic) bond motifs is 1. The molecule has 0 aliphatic carbocycles. The Morgan fingerprint density at radius 2 is 1.80 bits per heavy atom. The molecule has 1 heterocycles. The third-order valence-electron chi connectivity index (χ3n) is 6.91. The lowest BCUT2D eigenvalue weighted by molar-refractivity contribution is -0.135. The molecule has 2 aromatic carbocycles. The highest BCUT2D eigenvalue weighted by atomic mass is 16.5. The maximum Gasteiger partial charge on any atom is 0.242 e. The Labute approximate surface area is 242 Å². The van der Waals surface area contributed by atoms with Gasteiger partial charge < -0.3 is 42.2 Å². The number of aryl methyl sites for hydroxylation is 1. The third-order valence-corrected chi connectivity index (χ3v) is 6.91. The van der Waals surface area contributed by atoms with E-state index in [-0.39, 0.29) is 44.0 Å². The number of rotatable bonds is 16. The lowest BCUT2D eigenvalue weighted by Crippen LogP contribution is -2.53. The first-order valence-electron chi connectivity index (χ1n) is 14.3. The largest absolute Gasteiger partial charge is 0.494 e. The summed E-state index contributed by atoms with van der Waals surface area (Å²) in [6, 6.07) is 11.6. The van der Waals surface area contributed by atoms with Gasteiger partial charge >= 0.3 is 0 Å². The number of amides is 3. The van der Waals surface area contributed by atoms with Crippen LogP contribution in [0.3, 0.4) is 0 Å². The first-order valence-corrected chi connectivity index (χ1v) is 14.3. The fourth-order valence-electron chi connectivity index (χ4n) is 4.80. The zero-order valence-electron chi connectivity index (χ0n) is 24.1. The number of ether oxygens (including phenoxy) is 2. The van der Waals surface area contributed by atoms with E-state index in [2.05, 4.69) is 10.6 Å². The van der Waals surface area contributed by atoms with Crippen molar-refractivity contribution in [1.29, 1.82) is 0 Å². The molecule has 0 radical (unpaired) electrons. The van der Waals surface area contributed by atoms with Crippen molar-refractivity contribution >= 4 is 17.7 Å². The van der Waals surface area contributed by atoms with Crippen LogP contribution in [0.1, 0.15) is 43.4 Å². The molecule has 3 atom stereocenters. The highest BCUT2D eigenvalue weighted by molar-refractivity contribution is 5.92. The van der Waals surface area contributed by atoms with Gasteiger partial charge in [-0.15, -0.1) is 0 Å². The van der Waals surface area contributed by atoms with Gasteiger partial charge in [-0.2, -0.15) is 0 Å². The molecule has 0 saturated heterocycles. The van der Waals surface area contributed by atoms with Gasteiger partial charge in [0.1, 0.15) is 23.6 Å². The minimum atomic E-state index is -1.13. The molecule has 0 fully saturated rings. The minimum Gasteiger partial charge on any atom is -0.494 e. The van der Waals surface area contributed by atoms with Crippen LogP contribution in [0.15, 0.2) is 42.5 Å². The van der Waals surface area contributed by atoms with Gasteiger partial charge in [0.25, 0.3) is 0 Å². The molecule has 3 amide bonds. The average molecular weight is 569 g/mol. The zero-order valence-corrected chi connectivity index (χ0v) is 24.1. The summed E-state index contributed by atoms with van der Waals surface area (Å²) in [5, 5.41) is 5.71. The predicted molar refractivity (Wildman–Crippen MR) is 157 cm³/mol. The number of carbonyl (C=O) groups excluding carboxylic acids is 3. The van der Waals surface area contributed by atoms with E-state index >= 15 is 0 Å². The molecule has 2 aromatic rings. The number of nitrogens with one attached hydrogen (secondary N) is 2. The van der Waals surface area contributed by atoms with E-state index in [0.29, 0.717) is 38.3 Å². The van der Waals surface area contributed by atoms with Crippen molar-refractivity contribution in [2.45, 2.75) is 64.3 Å². The Morgan fingerprint density at radius 3 is 2.46 bits per heavy atom. The number of benzene rings is 2. The van der Waals surface area contributed by atoms with Crippen molar-refractivity contribution in [1.82, 2.24) is 15.5 Å². The van der Waals surface area contributed by atoms with Crippen LogP contribution >= 0.6 is 0 Å². The second kappa shape index (κ2) is 15.9. The second-order valence-electron chi connectivity index (χ2n) is 10.2. The van der Waals surface area contributed by atoms with Gasteiger partial charge in [-0.3, -0.25) is 14.4 Å². The summed E-state index contributed by atoms with van der Waals surface area (Å²) in [5.41, 5.74) is 20.2. The summed E-state index contributed by atoms with van der Waals surface area (Å²) in [4.78, 5) is 40.6. The molecule has 11 heteroatoms. The number of hydrogen-bond acceptors (Lipinski definition) is 8. The van der Waals surface area contributed by atoms with Gasteiger partial charge in [-0.1, -0.05) is 30.3 Å². The van der Waals surface area contributed by atoms with E-state index in [1.54, 1.807) is 0 Å². The number of nitrogens with zero attached hydrogens (tertiary/aromatic N) is 1. The number of carbonyl (C=O) groups is 3. The smallest absolute Gasteiger partial charge is 0.242 e. The molecule has 224 valence electrons. The molecule has 0 saturated carbocycles. The maximum absolute atomic E-state index is 13.4. The summed E-state index contributed by atoms with van der Waals surface area (Å²) in [5.74, 6) is 0.215. The summed E-state index contributed by atoms with van der Waals surface area (Å²) in [6.45, 7) is 5.78. The van der Waals surface area contributed by atoms with E-state index in [4.69, 9.17) is 26.7 Å². The van der Waals surface area contributed by atoms with Crippen LogP contribution in [-0.2, 0) is 33.8 Å². The third kappa shape index (κ3) is 9.44. The SMILES string of the molecule is CCOc1cc2c(cc1CNC(=O)C(CCc1ccccc1)NC(=O)C(N)CC(=O)N(CCN)CCN)OC(C)C2. The lowest BCUT2D eigenvalue weighted by Gasteiger charge is -2.24. The Hall–Kier alpha value is -3.67. The lowest BCUT2D eigenvalue weighted by atomic mass is 10.0. The van der Waals surface area contributed by atoms with Crippen LogP contribution in [0.2, 0.25) is 0 Å². The van der Waals surface area contributed by atoms with Crippen molar-refractivity contribution in [3.05, 3.63) is 59.2 Å². The standard InChI is InChI=1S/C30H44N6O5/c1-3-40-26-16-22-15-20(2)41-27(22)17-23(26)19-34-30(39)25(10-9-21-7-5-4-6-8-21)35-29(38)24(33)18-28(37)36(13-11-31)14-12-32/h4-8,16-17,20,24-25H,3,9-15,18-19,31-33H2,1-2H3,(H,34,39)(H,35,38). The zero-order chi connectivity index (χ0) is 29.8. The van der Waals surface area contributed by atoms with Crippen molar-refractivity contribution in [3.8, 4) is 11.5 Å². The van der Waals surface area contributed by atoms with Crippen LogP contribution in [0, 0.1) is 0 Å². The van der Waals surface area contributed by atoms with Crippen LogP contribution in [0.25, 0.3) is 0 Å². The van der Waals surface area contributed by atoms with E-state index < -0.39 is 18.0 Å². The van der Waals surface area contributed by atoms with Gasteiger partial charge in [0, 0.05) is 50.3 Å². The molecule has 11 nitrogen and oxygen atoms in total. The van der Waals surface area contributed by atoms with E-state index in [1.807, 2.05) is 56.3 Å². The summed E-state index contributed by atoms with van der Waals surface area (Å²) in [6.07, 6.45) is 1.56. The van der Waals surface area contributed by atoms with Crippen molar-refractivity contribution in [3.63, 3.8) is 0 Å². The highest BCUT2D eigenvalue weighted by Crippen LogP contribution is 2.35. The van der Waals surface area contributed by atoms with E-state index in [9.17, 15) is 14.4 Å². The average Bonchev–Trinajstić information content (AvgIpc) is 3.32. The topological polar surface area (TPSA) is 175 Å². The molecular weight excluding hydrogens is 524 g/mol. The van der Waals surface area contributed by atoms with Gasteiger partial charge in [-0.25, -0.2) is 0 Å². The minimum absolute atomic E-state index is 0.0793. The summed E-state index contributed by atoms with van der Waals surface area (Å²) < 4.78 is 11.7. The molecule has 3 unspecified atom stereocenters. The monoisotopic (exact) mass is 568 g/mol. The van der Waals surface area contributed by atoms with Crippen molar-refractivity contribution in [2.24, 2.45) is 17.2 Å². The molecule has 1 aliphatic heterocycles. The van der Waals surface area contributed by atoms with Crippen molar-refractivity contribution < 1.29 is 23.9 Å². The van der Waals surface area contributed by atoms with Crippen LogP contribution in [0.4, 0.5) is 0 Å². The Kier molecular flexibility index (Phi) is 12.4. The Morgan fingerprint density at radius 1 is 1.10 bits per heavy atom. The van der Waals surface area contributed by atoms with Crippen LogP contribution in [0.5, 0.6) is 11.5 Å². The highest BCUT2D eigenvalue weighted by Gasteiger charge is 2.27. The normalized spacial score (nSPS) is 15.3. The first-order chi connectivity index (χ1) is 19.7.